The highest BCUT2D eigenvalue weighted by Gasteiger charge is 2.43. The molecule has 3 aromatic rings. The number of carbonyl (C=O) groups is 2. The molecule has 1 aliphatic heterocycles. The summed E-state index contributed by atoms with van der Waals surface area (Å²) in [6.07, 6.45) is 2.07. The van der Waals surface area contributed by atoms with Crippen LogP contribution in [0.1, 0.15) is 17.5 Å². The number of thiocarbonyl (C=S) groups is 1. The zero-order valence-corrected chi connectivity index (χ0v) is 18.9. The van der Waals surface area contributed by atoms with E-state index in [4.69, 9.17) is 17.0 Å². The molecule has 166 valence electrons. The van der Waals surface area contributed by atoms with Crippen LogP contribution in [0.15, 0.2) is 90.0 Å². The molecule has 1 saturated heterocycles. The highest BCUT2D eigenvalue weighted by Crippen LogP contribution is 2.26. The number of ether oxygens (including phenoxy) is 1. The van der Waals surface area contributed by atoms with Crippen molar-refractivity contribution < 1.29 is 14.3 Å². The van der Waals surface area contributed by atoms with Gasteiger partial charge in [0.25, 0.3) is 5.91 Å². The number of hydrazone groups is 1. The number of imide groups is 1. The second-order valence-corrected chi connectivity index (χ2v) is 8.01. The molecule has 3 aromatic carbocycles. The number of hydrogen-bond donors (Lipinski definition) is 0. The lowest BCUT2D eigenvalue weighted by Crippen LogP contribution is -2.42. The van der Waals surface area contributed by atoms with Gasteiger partial charge < -0.3 is 4.74 Å². The first-order chi connectivity index (χ1) is 16.1. The Hall–Kier alpha value is -3.84. The van der Waals surface area contributed by atoms with Crippen LogP contribution in [0.2, 0.25) is 0 Å². The van der Waals surface area contributed by atoms with E-state index in [0.29, 0.717) is 17.1 Å². The second-order valence-electron chi connectivity index (χ2n) is 7.54. The molecule has 0 radical (unpaired) electrons. The van der Waals surface area contributed by atoms with E-state index >= 15 is 0 Å². The molecule has 7 heteroatoms. The van der Waals surface area contributed by atoms with Gasteiger partial charge in [0.2, 0.25) is 5.91 Å². The lowest BCUT2D eigenvalue weighted by molar-refractivity contribution is -0.122. The summed E-state index contributed by atoms with van der Waals surface area (Å²) in [6.45, 7) is 0. The van der Waals surface area contributed by atoms with Crippen molar-refractivity contribution in [2.24, 2.45) is 5.10 Å². The summed E-state index contributed by atoms with van der Waals surface area (Å²) < 4.78 is 5.20. The van der Waals surface area contributed by atoms with Crippen LogP contribution in [0.25, 0.3) is 0 Å². The largest absolute Gasteiger partial charge is 0.497 e. The molecule has 6 nitrogen and oxygen atoms in total. The van der Waals surface area contributed by atoms with E-state index in [2.05, 4.69) is 5.10 Å². The molecule has 0 bridgehead atoms. The molecule has 0 aromatic heterocycles. The zero-order valence-electron chi connectivity index (χ0n) is 18.1. The number of nitrogens with zero attached hydrogens (tertiary/aromatic N) is 3. The number of rotatable bonds is 7. The van der Waals surface area contributed by atoms with Crippen LogP contribution in [0.4, 0.5) is 5.69 Å². The average Bonchev–Trinajstić information content (AvgIpc) is 3.14. The quantitative estimate of drug-likeness (QED) is 0.230. The van der Waals surface area contributed by atoms with Crippen LogP contribution >= 0.6 is 12.2 Å². The monoisotopic (exact) mass is 457 g/mol. The number of para-hydroxylation sites is 1. The molecule has 1 heterocycles. The van der Waals surface area contributed by atoms with Gasteiger partial charge in [-0.15, -0.1) is 0 Å². The second kappa shape index (κ2) is 10.2. The molecule has 33 heavy (non-hydrogen) atoms. The normalized spacial score (nSPS) is 15.8. The highest BCUT2D eigenvalue weighted by molar-refractivity contribution is 7.80. The summed E-state index contributed by atoms with van der Waals surface area (Å²) in [5.74, 6) is 0.121. The summed E-state index contributed by atoms with van der Waals surface area (Å²) in [4.78, 5) is 27.8. The molecule has 1 atom stereocenters. The Morgan fingerprint density at radius 1 is 1.03 bits per heavy atom. The molecule has 4 rings (SSSR count). The van der Waals surface area contributed by atoms with Gasteiger partial charge >= 0.3 is 0 Å². The number of carbonyl (C=O) groups excluding carboxylic acids is 2. The van der Waals surface area contributed by atoms with Gasteiger partial charge in [0.1, 0.15) is 16.8 Å². The first-order valence-electron chi connectivity index (χ1n) is 10.5. The van der Waals surface area contributed by atoms with Crippen LogP contribution in [-0.4, -0.2) is 41.2 Å². The highest BCUT2D eigenvalue weighted by atomic mass is 32.1. The van der Waals surface area contributed by atoms with E-state index in [1.54, 1.807) is 37.6 Å². The third kappa shape index (κ3) is 5.15. The maximum atomic E-state index is 13.3. The van der Waals surface area contributed by atoms with E-state index in [9.17, 15) is 9.59 Å². The zero-order chi connectivity index (χ0) is 23.2. The molecule has 1 fully saturated rings. The Labute approximate surface area is 198 Å². The van der Waals surface area contributed by atoms with Crippen molar-refractivity contribution in [2.45, 2.75) is 18.9 Å². The first-order valence-corrected chi connectivity index (χ1v) is 10.9. The van der Waals surface area contributed by atoms with Gasteiger partial charge in [0, 0.05) is 6.42 Å². The lowest BCUT2D eigenvalue weighted by Gasteiger charge is -2.25. The topological polar surface area (TPSA) is 62.2 Å². The standard InChI is InChI=1S/C26H23N3O3S/c1-32-22-14-12-20(13-15-22)18-27-29(25(33)16-19-8-4-2-5-9-19)23-17-24(30)28(26(23)31)21-10-6-3-7-11-21/h2-15,18,23H,16-17H2,1H3/b27-18-/t23-/m1/s1. The number of anilines is 1. The fraction of sp³-hybridized carbons (Fsp3) is 0.154. The van der Waals surface area contributed by atoms with E-state index in [0.717, 1.165) is 16.9 Å². The van der Waals surface area contributed by atoms with Crippen molar-refractivity contribution >= 4 is 40.9 Å². The molecule has 1 aliphatic rings. The van der Waals surface area contributed by atoms with Crippen LogP contribution < -0.4 is 9.64 Å². The molecule has 0 N–H and O–H groups in total. The minimum atomic E-state index is -0.802. The maximum absolute atomic E-state index is 13.3. The Kier molecular flexibility index (Phi) is 6.90. The van der Waals surface area contributed by atoms with Gasteiger partial charge in [-0.2, -0.15) is 5.10 Å². The van der Waals surface area contributed by atoms with E-state index in [1.807, 2.05) is 60.7 Å². The van der Waals surface area contributed by atoms with Gasteiger partial charge in [-0.05, 0) is 47.5 Å². The van der Waals surface area contributed by atoms with Crippen molar-refractivity contribution in [3.05, 3.63) is 96.1 Å². The van der Waals surface area contributed by atoms with Crippen molar-refractivity contribution in [1.82, 2.24) is 5.01 Å². The predicted octanol–water partition coefficient (Wildman–Crippen LogP) is 4.23. The minimum absolute atomic E-state index is 0.00259. The summed E-state index contributed by atoms with van der Waals surface area (Å²) in [6, 6.07) is 25.2. The molecular formula is C26H23N3O3S. The fourth-order valence-electron chi connectivity index (χ4n) is 3.64. The van der Waals surface area contributed by atoms with Crippen molar-refractivity contribution in [3.63, 3.8) is 0 Å². The number of methoxy groups -OCH3 is 1. The predicted molar refractivity (Wildman–Crippen MR) is 133 cm³/mol. The van der Waals surface area contributed by atoms with Crippen molar-refractivity contribution in [1.29, 1.82) is 0 Å². The van der Waals surface area contributed by atoms with Crippen molar-refractivity contribution in [3.8, 4) is 5.75 Å². The summed E-state index contributed by atoms with van der Waals surface area (Å²) in [5, 5.41) is 6.08. The maximum Gasteiger partial charge on any atom is 0.259 e. The SMILES string of the molecule is COc1ccc(/C=N\N(C(=S)Cc2ccccc2)[C@@H]2CC(=O)N(c3ccccc3)C2=O)cc1. The number of amides is 2. The van der Waals surface area contributed by atoms with Gasteiger partial charge in [0.05, 0.1) is 25.4 Å². The third-order valence-corrected chi connectivity index (χ3v) is 5.66. The summed E-state index contributed by atoms with van der Waals surface area (Å²) in [7, 11) is 1.61. The Bertz CT molecular complexity index is 1160. The van der Waals surface area contributed by atoms with Gasteiger partial charge in [0.15, 0.2) is 0 Å². The minimum Gasteiger partial charge on any atom is -0.497 e. The van der Waals surface area contributed by atoms with Crippen LogP contribution in [0, 0.1) is 0 Å². The number of benzene rings is 3. The van der Waals surface area contributed by atoms with E-state index in [1.165, 1.54) is 9.91 Å². The van der Waals surface area contributed by atoms with Crippen LogP contribution in [0.5, 0.6) is 5.75 Å². The van der Waals surface area contributed by atoms with Gasteiger partial charge in [-0.25, -0.2) is 9.91 Å². The molecule has 0 aliphatic carbocycles. The lowest BCUT2D eigenvalue weighted by atomic mass is 10.1. The Balaban J connectivity index is 1.62. The van der Waals surface area contributed by atoms with Crippen molar-refractivity contribution in [2.75, 3.05) is 12.0 Å². The Morgan fingerprint density at radius 2 is 1.67 bits per heavy atom. The third-order valence-electron chi connectivity index (χ3n) is 5.33. The van der Waals surface area contributed by atoms with Crippen LogP contribution in [0.3, 0.4) is 0 Å². The van der Waals surface area contributed by atoms with E-state index in [-0.39, 0.29) is 18.2 Å². The molecule has 0 saturated carbocycles. The fourth-order valence-corrected chi connectivity index (χ4v) is 3.99. The first kappa shape index (κ1) is 22.4. The number of hydrogen-bond acceptors (Lipinski definition) is 5. The Morgan fingerprint density at radius 3 is 2.30 bits per heavy atom. The smallest absolute Gasteiger partial charge is 0.259 e. The molecule has 0 spiro atoms. The molecular weight excluding hydrogens is 434 g/mol. The van der Waals surface area contributed by atoms with E-state index < -0.39 is 6.04 Å². The van der Waals surface area contributed by atoms with Gasteiger partial charge in [-0.3, -0.25) is 9.59 Å². The summed E-state index contributed by atoms with van der Waals surface area (Å²) in [5.41, 5.74) is 2.37. The molecule has 2 amide bonds. The van der Waals surface area contributed by atoms with Gasteiger partial charge in [-0.1, -0.05) is 60.7 Å². The van der Waals surface area contributed by atoms with Crippen LogP contribution in [-0.2, 0) is 16.0 Å². The summed E-state index contributed by atoms with van der Waals surface area (Å²) >= 11 is 5.71. The average molecular weight is 458 g/mol. The molecule has 0 unspecified atom stereocenters.